The zero-order chi connectivity index (χ0) is 34.1. The second-order valence-corrected chi connectivity index (χ2v) is 12.7. The Hall–Kier alpha value is -6.16. The number of fused-ring (bicyclic) bond motifs is 1. The molecule has 0 bridgehead atoms. The van der Waals surface area contributed by atoms with Gasteiger partial charge >= 0.3 is 0 Å². The molecule has 240 valence electrons. The second kappa shape index (κ2) is 15.4. The first kappa shape index (κ1) is 32.4. The number of rotatable bonds is 8. The van der Waals surface area contributed by atoms with E-state index in [0.29, 0.717) is 0 Å². The van der Waals surface area contributed by atoms with E-state index in [9.17, 15) is 0 Å². The molecule has 0 aromatic heterocycles. The molecule has 0 fully saturated rings. The molecule has 0 saturated heterocycles. The molecule has 0 heterocycles. The number of hydrogen-bond acceptors (Lipinski definition) is 0. The van der Waals surface area contributed by atoms with Crippen molar-refractivity contribution in [2.24, 2.45) is 0 Å². The molecule has 1 aliphatic carbocycles. The summed E-state index contributed by atoms with van der Waals surface area (Å²) in [6.45, 7) is 6.00. The van der Waals surface area contributed by atoms with Gasteiger partial charge in [0.25, 0.3) is 0 Å². The summed E-state index contributed by atoms with van der Waals surface area (Å²) in [5.74, 6) is 7.02. The van der Waals surface area contributed by atoms with Gasteiger partial charge in [-0.25, -0.2) is 0 Å². The van der Waals surface area contributed by atoms with Crippen LogP contribution < -0.4 is 0 Å². The maximum Gasteiger partial charge on any atom is 0.0490 e. The first-order valence-corrected chi connectivity index (χ1v) is 17.4. The Balaban J connectivity index is 0.00000193. The van der Waals surface area contributed by atoms with Crippen molar-refractivity contribution in [3.63, 3.8) is 0 Å². The zero-order valence-corrected chi connectivity index (χ0v) is 28.3. The number of hydrogen-bond donors (Lipinski definition) is 0. The second-order valence-electron chi connectivity index (χ2n) is 12.7. The largest absolute Gasteiger partial charge is 0.106 e. The van der Waals surface area contributed by atoms with E-state index in [4.69, 9.17) is 0 Å². The predicted octanol–water partition coefficient (Wildman–Crippen LogP) is 13.1. The van der Waals surface area contributed by atoms with Crippen LogP contribution in [-0.4, -0.2) is 0 Å². The summed E-state index contributed by atoms with van der Waals surface area (Å²) in [6.07, 6.45) is 6.03. The molecule has 0 nitrogen and oxygen atoms in total. The molecular weight excluding hydrogens is 601 g/mol. The lowest BCUT2D eigenvalue weighted by Crippen LogP contribution is -2.05. The quantitative estimate of drug-likeness (QED) is 0.115. The average Bonchev–Trinajstić information content (AvgIpc) is 3.21. The van der Waals surface area contributed by atoms with E-state index in [1.165, 1.54) is 66.4 Å². The molecule has 7 aromatic rings. The lowest BCUT2D eigenvalue weighted by molar-refractivity contribution is 0.805. The summed E-state index contributed by atoms with van der Waals surface area (Å²) in [5.41, 5.74) is 12.8. The van der Waals surface area contributed by atoms with Crippen LogP contribution in [0, 0.1) is 11.8 Å². The molecule has 0 N–H and O–H groups in total. The Morgan fingerprint density at radius 1 is 0.560 bits per heavy atom. The van der Waals surface area contributed by atoms with E-state index in [1.807, 2.05) is 6.08 Å². The normalized spacial score (nSPS) is 13.8. The smallest absolute Gasteiger partial charge is 0.0490 e. The fourth-order valence-corrected chi connectivity index (χ4v) is 7.15. The summed E-state index contributed by atoms with van der Waals surface area (Å²) in [4.78, 5) is 0. The third kappa shape index (κ3) is 7.00. The van der Waals surface area contributed by atoms with E-state index in [0.717, 1.165) is 12.8 Å². The maximum atomic E-state index is 3.37. The van der Waals surface area contributed by atoms with Crippen molar-refractivity contribution in [3.05, 3.63) is 217 Å². The highest BCUT2D eigenvalue weighted by atomic mass is 14.2. The van der Waals surface area contributed by atoms with Gasteiger partial charge in [0.05, 0.1) is 0 Å². The van der Waals surface area contributed by atoms with Gasteiger partial charge in [0.1, 0.15) is 0 Å². The first-order valence-electron chi connectivity index (χ1n) is 17.4. The highest BCUT2D eigenvalue weighted by Crippen LogP contribution is 2.40. The SMILES string of the molecule is C1#CC(c2ccc(-c3ccc4ccccc4c3-c3ccc(C(Cc4cccc(-c5ccccc5)c4)c4ccccc4)cc3)cc2)CC=C1.C=C. The zero-order valence-electron chi connectivity index (χ0n) is 28.3. The number of benzene rings is 7. The van der Waals surface area contributed by atoms with Gasteiger partial charge in [-0.3, -0.25) is 0 Å². The molecule has 0 heteroatoms. The molecule has 0 aliphatic heterocycles. The minimum atomic E-state index is 0.239. The highest BCUT2D eigenvalue weighted by molar-refractivity contribution is 6.04. The Bertz CT molecular complexity index is 2280. The predicted molar refractivity (Wildman–Crippen MR) is 214 cm³/mol. The van der Waals surface area contributed by atoms with Gasteiger partial charge in [-0.1, -0.05) is 188 Å². The Morgan fingerprint density at radius 2 is 1.22 bits per heavy atom. The topological polar surface area (TPSA) is 0 Å². The van der Waals surface area contributed by atoms with Crippen molar-refractivity contribution in [1.29, 1.82) is 0 Å². The summed E-state index contributed by atoms with van der Waals surface area (Å²) < 4.78 is 0. The lowest BCUT2D eigenvalue weighted by Gasteiger charge is -2.20. The molecule has 8 rings (SSSR count). The molecular formula is C50H40. The Labute approximate surface area is 297 Å². The van der Waals surface area contributed by atoms with Crippen molar-refractivity contribution in [1.82, 2.24) is 0 Å². The van der Waals surface area contributed by atoms with Crippen molar-refractivity contribution < 1.29 is 0 Å². The number of allylic oxidation sites excluding steroid dienone is 2. The molecule has 1 aliphatic rings. The fourth-order valence-electron chi connectivity index (χ4n) is 7.15. The van der Waals surface area contributed by atoms with Crippen LogP contribution in [0.15, 0.2) is 195 Å². The van der Waals surface area contributed by atoms with Crippen molar-refractivity contribution >= 4 is 10.8 Å². The summed E-state index contributed by atoms with van der Waals surface area (Å²) >= 11 is 0. The molecule has 0 spiro atoms. The summed E-state index contributed by atoms with van der Waals surface area (Å²) in [7, 11) is 0. The molecule has 2 atom stereocenters. The van der Waals surface area contributed by atoms with Gasteiger partial charge < -0.3 is 0 Å². The Kier molecular flexibility index (Phi) is 9.96. The maximum absolute atomic E-state index is 3.37. The van der Waals surface area contributed by atoms with Gasteiger partial charge in [-0.15, -0.1) is 13.2 Å². The van der Waals surface area contributed by atoms with Crippen LogP contribution in [0.5, 0.6) is 0 Å². The van der Waals surface area contributed by atoms with Crippen LogP contribution in [0.1, 0.15) is 40.5 Å². The van der Waals surface area contributed by atoms with Crippen molar-refractivity contribution in [2.45, 2.75) is 24.7 Å². The minimum Gasteiger partial charge on any atom is -0.106 e. The molecule has 50 heavy (non-hydrogen) atoms. The average molecular weight is 641 g/mol. The van der Waals surface area contributed by atoms with Crippen LogP contribution in [0.4, 0.5) is 0 Å². The molecule has 2 unspecified atom stereocenters. The van der Waals surface area contributed by atoms with Crippen LogP contribution in [-0.2, 0) is 6.42 Å². The van der Waals surface area contributed by atoms with Gasteiger partial charge in [-0.05, 0) is 85.3 Å². The standard InChI is InChI=1S/C48H36.C2H4/c1-4-14-36(15-5-1)38-23-25-41(26-24-38)46-32-31-40-20-10-11-22-45(40)48(46)43-29-27-42(28-30-43)47(39-18-8-3-9-19-39)34-35-13-12-21-44(33-35)37-16-6-2-7-17-37;1-2/h1-4,6-13,16-33,36,47H,14,34H2;1-2H2. The van der Waals surface area contributed by atoms with Crippen LogP contribution in [0.3, 0.4) is 0 Å². The van der Waals surface area contributed by atoms with Crippen LogP contribution >= 0.6 is 0 Å². The third-order valence-corrected chi connectivity index (χ3v) is 9.66. The minimum absolute atomic E-state index is 0.239. The lowest BCUT2D eigenvalue weighted by atomic mass is 9.83. The molecule has 0 saturated carbocycles. The first-order chi connectivity index (χ1) is 24.8. The van der Waals surface area contributed by atoms with Gasteiger partial charge in [-0.2, -0.15) is 0 Å². The van der Waals surface area contributed by atoms with E-state index in [1.54, 1.807) is 0 Å². The summed E-state index contributed by atoms with van der Waals surface area (Å²) in [5, 5.41) is 2.52. The van der Waals surface area contributed by atoms with Gasteiger partial charge in [0, 0.05) is 11.8 Å². The summed E-state index contributed by atoms with van der Waals surface area (Å²) in [6, 6.07) is 62.3. The van der Waals surface area contributed by atoms with E-state index >= 15 is 0 Å². The molecule has 7 aromatic carbocycles. The van der Waals surface area contributed by atoms with Gasteiger partial charge in [0.2, 0.25) is 0 Å². The van der Waals surface area contributed by atoms with Crippen molar-refractivity contribution in [2.75, 3.05) is 0 Å². The van der Waals surface area contributed by atoms with Crippen molar-refractivity contribution in [3.8, 4) is 45.2 Å². The van der Waals surface area contributed by atoms with E-state index in [-0.39, 0.29) is 11.8 Å². The molecule has 0 amide bonds. The van der Waals surface area contributed by atoms with Crippen LogP contribution in [0.25, 0.3) is 44.2 Å². The fraction of sp³-hybridized carbons (Fsp3) is 0.0800. The van der Waals surface area contributed by atoms with Crippen LogP contribution in [0.2, 0.25) is 0 Å². The Morgan fingerprint density at radius 3 is 1.96 bits per heavy atom. The van der Waals surface area contributed by atoms with E-state index < -0.39 is 0 Å². The molecule has 0 radical (unpaired) electrons. The van der Waals surface area contributed by atoms with Gasteiger partial charge in [0.15, 0.2) is 0 Å². The highest BCUT2D eigenvalue weighted by Gasteiger charge is 2.18. The third-order valence-electron chi connectivity index (χ3n) is 9.66. The monoisotopic (exact) mass is 640 g/mol. The van der Waals surface area contributed by atoms with E-state index in [2.05, 4.69) is 201 Å².